The van der Waals surface area contributed by atoms with E-state index >= 15 is 0 Å². The van der Waals surface area contributed by atoms with Crippen molar-refractivity contribution >= 4 is 174 Å². The van der Waals surface area contributed by atoms with Gasteiger partial charge in [-0.3, -0.25) is 24.0 Å². The molecule has 0 atom stereocenters. The van der Waals surface area contributed by atoms with E-state index in [-0.39, 0.29) is 32.7 Å². The van der Waals surface area contributed by atoms with Crippen LogP contribution in [0.4, 0.5) is 0 Å². The molecule has 5 aliphatic rings. The average molecular weight is 2320 g/mol. The number of carbonyl (C=O) groups excluding carboxylic acids is 2. The van der Waals surface area contributed by atoms with Gasteiger partial charge in [0.25, 0.3) is 22.2 Å². The average Bonchev–Trinajstić information content (AvgIpc) is 1.61. The molecule has 4 N–H and O–H groups in total. The van der Waals surface area contributed by atoms with E-state index < -0.39 is 11.9 Å². The zero-order chi connectivity index (χ0) is 105. The van der Waals surface area contributed by atoms with E-state index in [1.807, 2.05) is 348 Å². The molecule has 0 amide bonds. The van der Waals surface area contributed by atoms with Gasteiger partial charge < -0.3 is 24.7 Å². The van der Waals surface area contributed by atoms with Crippen LogP contribution in [0.3, 0.4) is 0 Å². The zero-order valence-electron chi connectivity index (χ0n) is 84.2. The van der Waals surface area contributed by atoms with Crippen molar-refractivity contribution < 1.29 is 14.3 Å². The van der Waals surface area contributed by atoms with Gasteiger partial charge in [-0.05, 0) is 216 Å². The van der Waals surface area contributed by atoms with Crippen molar-refractivity contribution in [3.8, 4) is 57.2 Å². The number of cyclic esters (lactones) is 2. The molecule has 0 bridgehead atoms. The van der Waals surface area contributed by atoms with Gasteiger partial charge in [-0.2, -0.15) is 10.5 Å². The van der Waals surface area contributed by atoms with Crippen molar-refractivity contribution in [2.24, 2.45) is 4.30 Å². The van der Waals surface area contributed by atoms with Gasteiger partial charge in [0.2, 0.25) is 0 Å². The first kappa shape index (κ1) is 123. The molecule has 4 aliphatic carbocycles. The predicted octanol–water partition coefficient (Wildman–Crippen LogP) is 34.9. The number of hydrogen-bond acceptors (Lipinski definition) is 11. The molecule has 17 aromatic rings. The Labute approximate surface area is 895 Å². The summed E-state index contributed by atoms with van der Waals surface area (Å²) in [6.45, 7) is 38.1. The Balaban J connectivity index is 0.000000329. The molecule has 735 valence electrons. The number of aromatic nitrogens is 4. The molecule has 0 saturated carbocycles. The summed E-state index contributed by atoms with van der Waals surface area (Å²) in [7, 11) is 4.34. The molecule has 0 saturated heterocycles. The third kappa shape index (κ3) is 34.6. The number of hydrogen-bond donors (Lipinski definition) is 5. The van der Waals surface area contributed by atoms with E-state index in [2.05, 4.69) is 230 Å². The van der Waals surface area contributed by atoms with Gasteiger partial charge in [-0.1, -0.05) is 419 Å². The first-order chi connectivity index (χ1) is 69.1. The minimum absolute atomic E-state index is 0.000975. The summed E-state index contributed by atoms with van der Waals surface area (Å²) >= 11 is 22.8. The number of nitriles is 2. The van der Waals surface area contributed by atoms with E-state index in [1.165, 1.54) is 64.6 Å². The van der Waals surface area contributed by atoms with Crippen LogP contribution in [0.25, 0.3) is 88.1 Å². The van der Waals surface area contributed by atoms with Crippen molar-refractivity contribution in [1.82, 2.24) is 19.9 Å². The molecule has 0 fully saturated rings. The number of alkyl halides is 1. The number of esters is 2. The third-order valence-corrected chi connectivity index (χ3v) is 23.6. The zero-order valence-corrected chi connectivity index (χ0v) is 95.5. The topological polar surface area (TPSA) is 235 Å². The summed E-state index contributed by atoms with van der Waals surface area (Å²) in [4.78, 5) is 82.3. The summed E-state index contributed by atoms with van der Waals surface area (Å²) in [6, 6.07) is 107. The molecule has 5 heterocycles. The van der Waals surface area contributed by atoms with E-state index in [0.29, 0.717) is 5.56 Å². The molecule has 14 nitrogen and oxygen atoms in total. The standard InChI is InChI=1S/4C16H11NO.C9H6O3.C8H6BrN.C8H7N.2C7H7Br.8C2H6.BHNS.Br3P/c4*18-16-13-8-4-3-7-12(13)14-9-10-5-1-2-6-11(10)15(14)17-16;10-8-5-6-3-1-2-4-7(6)9(11)12-8;9-5-7-3-1-2-4-8(7)6-10;1-7-4-2-3-5-8(7)6-9;2*1-6-4-2-3-5-7(6)8;8*1-2;1-2-3;1-4(2)3/h4*1-8H,9H2,(H,17,18);1-4H,5H2;1-4H,5H2;2-5H,1H3;2*2-5H,1H3;8*1-2H3;3H;. The van der Waals surface area contributed by atoms with Gasteiger partial charge in [0, 0.05) is 83.8 Å². The summed E-state index contributed by atoms with van der Waals surface area (Å²) in [5.74, 6) is -1.01. The van der Waals surface area contributed by atoms with Crippen LogP contribution in [0.5, 0.6) is 0 Å². The van der Waals surface area contributed by atoms with E-state index in [0.717, 1.165) is 147 Å². The molecule has 0 spiro atoms. The number of pyridine rings is 4. The van der Waals surface area contributed by atoms with Crippen LogP contribution in [0, 0.1) is 43.4 Å². The Morgan fingerprint density at radius 3 is 0.761 bits per heavy atom. The third-order valence-electron chi connectivity index (χ3n) is 21.2. The number of nitrogens with one attached hydrogen (secondary N) is 4. The van der Waals surface area contributed by atoms with Crippen molar-refractivity contribution in [3.63, 3.8) is 0 Å². The summed E-state index contributed by atoms with van der Waals surface area (Å²) < 4.78 is 9.31. The summed E-state index contributed by atoms with van der Waals surface area (Å²) in [6.07, 6.45) is 3.82. The number of ether oxygens (including phenoxy) is 1. The van der Waals surface area contributed by atoms with Gasteiger partial charge in [0.15, 0.2) is 0 Å². The van der Waals surface area contributed by atoms with Crippen molar-refractivity contribution in [3.05, 3.63) is 455 Å². The van der Waals surface area contributed by atoms with Gasteiger partial charge >= 0.3 is 36.7 Å². The van der Waals surface area contributed by atoms with Gasteiger partial charge in [-0.25, -0.2) is 4.79 Å². The maximum atomic E-state index is 12.1. The second kappa shape index (κ2) is 67.7. The van der Waals surface area contributed by atoms with Crippen LogP contribution in [-0.4, -0.2) is 39.5 Å². The summed E-state index contributed by atoms with van der Waals surface area (Å²) in [5, 5.41) is 25.2. The quantitative estimate of drug-likeness (QED) is 0.0262. The number of nitrogens with zero attached hydrogens (tertiary/aromatic N) is 3. The first-order valence-electron chi connectivity index (χ1n) is 47.6. The number of carbonyl (C=O) groups is 2. The maximum absolute atomic E-state index is 12.1. The Morgan fingerprint density at radius 1 is 0.317 bits per heavy atom. The number of aryl methyl sites for hydroxylation is 3. The fourth-order valence-corrected chi connectivity index (χ4v) is 16.3. The van der Waals surface area contributed by atoms with Crippen molar-refractivity contribution in [1.29, 1.82) is 10.5 Å². The molecule has 22 rings (SSSR count). The van der Waals surface area contributed by atoms with Gasteiger partial charge in [0.05, 0.1) is 58.0 Å². The minimum atomic E-state index is -0.540. The van der Waals surface area contributed by atoms with Gasteiger partial charge in [0.1, 0.15) is 4.03 Å². The van der Waals surface area contributed by atoms with Crippen LogP contribution in [-0.2, 0) is 47.0 Å². The van der Waals surface area contributed by atoms with Crippen molar-refractivity contribution in [2.75, 3.05) is 0 Å². The van der Waals surface area contributed by atoms with Crippen LogP contribution in [0.2, 0.25) is 0 Å². The monoisotopic (exact) mass is 2310 g/mol. The van der Waals surface area contributed by atoms with Crippen LogP contribution in [0.1, 0.15) is 205 Å². The van der Waals surface area contributed by atoms with Crippen LogP contribution in [0.15, 0.2) is 348 Å². The second-order valence-corrected chi connectivity index (χ2v) is 46.8. The fraction of sp³-hybridized carbons (Fsp3) is 0.210. The molecule has 23 heteroatoms. The number of H-pyrrole nitrogens is 4. The number of aromatic amines is 4. The fourth-order valence-electron chi connectivity index (χ4n) is 15.2. The molecule has 13 aromatic carbocycles. The first-order valence-corrected chi connectivity index (χ1v) is 58.1. The van der Waals surface area contributed by atoms with E-state index in [9.17, 15) is 28.8 Å². The molecule has 0 unspecified atom stereocenters. The Hall–Kier alpha value is -11.7. The molecule has 1 aliphatic heterocycles. The molecular formula is C119H126BBr6N7O7PS. The van der Waals surface area contributed by atoms with E-state index in [4.69, 9.17) is 10.5 Å². The van der Waals surface area contributed by atoms with Gasteiger partial charge in [-0.15, -0.1) is 0 Å². The Kier molecular flexibility index (Phi) is 58.5. The molecule has 4 aromatic heterocycles. The Morgan fingerprint density at radius 2 is 0.528 bits per heavy atom. The molecule has 142 heavy (non-hydrogen) atoms. The molecule has 1 radical (unpaired) electrons. The van der Waals surface area contributed by atoms with Crippen LogP contribution < -0.4 is 22.2 Å². The van der Waals surface area contributed by atoms with Crippen LogP contribution >= 0.6 is 111 Å². The normalized spacial score (nSPS) is 10.5. The van der Waals surface area contributed by atoms with Crippen molar-refractivity contribution in [2.45, 2.75) is 169 Å². The number of benzene rings is 13. The number of thiol groups is 1. The number of rotatable bonds is 1. The summed E-state index contributed by atoms with van der Waals surface area (Å²) in [5.41, 5.74) is 26.2. The Bertz CT molecular complexity index is 6600. The predicted molar refractivity (Wildman–Crippen MR) is 631 cm³/mol. The second-order valence-electron chi connectivity index (χ2n) is 29.0. The number of halogens is 6. The molecular weight excluding hydrogens is 2190 g/mol. The SMILES string of the molecule is BrP(Br)Br.CC.CC.CC.CC.CC.CC.CC.CC.Cc1ccccc1Br.Cc1ccccc1Br.Cc1ccccc1C#N.N#Cc1ccccc1CBr.O=C1Cc2ccccc2C(=O)O1.O=c1[nH]c2c(c3ccccc13)Cc1ccccc1-2.O=c1[nH]c2c(c3ccccc13)Cc1ccccc1-2.O=c1[nH]c2c(c3ccccc13)Cc1ccccc1-2.O=c1[nH]c2c(c3ccccc13)Cc1ccccc1-2.[B]=NS. The number of fused-ring (bicyclic) bond motifs is 21. The van der Waals surface area contributed by atoms with E-state index in [1.54, 1.807) is 24.3 Å².